The molecule has 0 atom stereocenters. The van der Waals surface area contributed by atoms with E-state index in [0.29, 0.717) is 11.4 Å². The van der Waals surface area contributed by atoms with E-state index in [2.05, 4.69) is 41.5 Å². The highest BCUT2D eigenvalue weighted by Gasteiger charge is 2.18. The maximum Gasteiger partial charge on any atom is 0.229 e. The van der Waals surface area contributed by atoms with Crippen molar-refractivity contribution in [2.45, 2.75) is 6.92 Å². The minimum absolute atomic E-state index is 0.433. The third-order valence-electron chi connectivity index (χ3n) is 6.24. The van der Waals surface area contributed by atoms with Crippen LogP contribution < -0.4 is 14.2 Å². The molecule has 1 N–H and O–H groups in total. The van der Waals surface area contributed by atoms with E-state index >= 15 is 0 Å². The molecule has 0 bridgehead atoms. The molecule has 0 radical (unpaired) electrons. The van der Waals surface area contributed by atoms with E-state index in [1.807, 2.05) is 18.2 Å². The number of fused-ring (bicyclic) bond motifs is 4. The summed E-state index contributed by atoms with van der Waals surface area (Å²) in [7, 11) is 1.91. The second-order valence-electron chi connectivity index (χ2n) is 8.38. The normalized spacial score (nSPS) is 11.9. The lowest BCUT2D eigenvalue weighted by Gasteiger charge is -2.14. The number of anilines is 1. The Morgan fingerprint density at radius 1 is 0.912 bits per heavy atom. The van der Waals surface area contributed by atoms with Crippen molar-refractivity contribution in [3.8, 4) is 22.8 Å². The molecule has 5 rings (SSSR count). The van der Waals surface area contributed by atoms with Crippen LogP contribution in [0.15, 0.2) is 54.7 Å². The fourth-order valence-electron chi connectivity index (χ4n) is 4.78. The van der Waals surface area contributed by atoms with Crippen LogP contribution in [0.1, 0.15) is 5.56 Å². The maximum absolute atomic E-state index is 11.7. The fraction of sp³-hybridized carbons (Fsp3) is 0.192. The van der Waals surface area contributed by atoms with Gasteiger partial charge < -0.3 is 14.0 Å². The number of hydrogen-bond acceptors (Lipinski definition) is 5. The zero-order valence-electron chi connectivity index (χ0n) is 19.6. The van der Waals surface area contributed by atoms with Crippen molar-refractivity contribution in [2.24, 2.45) is 7.05 Å². The molecule has 0 aliphatic heterocycles. The molecule has 0 aliphatic rings. The molecule has 34 heavy (non-hydrogen) atoms. The number of aromatic nitrogens is 2. The van der Waals surface area contributed by atoms with Crippen molar-refractivity contribution >= 4 is 48.3 Å². The summed E-state index contributed by atoms with van der Waals surface area (Å²) >= 11 is 0. The summed E-state index contributed by atoms with van der Waals surface area (Å²) in [6, 6.07) is 15.5. The number of aryl methyl sites for hydroxylation is 2. The number of nitrogens with one attached hydrogen (secondary N) is 1. The van der Waals surface area contributed by atoms with Gasteiger partial charge in [-0.2, -0.15) is 0 Å². The van der Waals surface area contributed by atoms with E-state index in [1.54, 1.807) is 32.5 Å². The standard InChI is InChI=1S/C26H25N3O4S/c1-15-18-10-11-27-25(19-8-6-16(12-24(19)33-4)28-34(5,30)31)21(18)14-22-20-13-17(32-3)7-9-23(20)29(2)26(15)22/h6-14,28H,1-5H3. The minimum Gasteiger partial charge on any atom is -0.497 e. The Labute approximate surface area is 198 Å². The largest absolute Gasteiger partial charge is 0.497 e. The van der Waals surface area contributed by atoms with Gasteiger partial charge in [-0.05, 0) is 60.3 Å². The number of methoxy groups -OCH3 is 2. The molecule has 174 valence electrons. The zero-order valence-corrected chi connectivity index (χ0v) is 20.4. The summed E-state index contributed by atoms with van der Waals surface area (Å²) in [4.78, 5) is 4.71. The Morgan fingerprint density at radius 3 is 2.41 bits per heavy atom. The number of hydrogen-bond donors (Lipinski definition) is 1. The Balaban J connectivity index is 1.82. The van der Waals surface area contributed by atoms with Gasteiger partial charge in [-0.3, -0.25) is 9.71 Å². The number of ether oxygens (including phenoxy) is 2. The Morgan fingerprint density at radius 2 is 1.71 bits per heavy atom. The molecule has 2 aromatic heterocycles. The molecule has 2 heterocycles. The van der Waals surface area contributed by atoms with Crippen molar-refractivity contribution in [1.29, 1.82) is 0 Å². The van der Waals surface area contributed by atoms with E-state index in [0.717, 1.165) is 61.4 Å². The molecular formula is C26H25N3O4S. The molecule has 0 unspecified atom stereocenters. The van der Waals surface area contributed by atoms with Crippen LogP contribution in [0.25, 0.3) is 43.8 Å². The monoisotopic (exact) mass is 475 g/mol. The van der Waals surface area contributed by atoms with Crippen LogP contribution in [0.5, 0.6) is 11.5 Å². The predicted octanol–water partition coefficient (Wildman–Crippen LogP) is 5.24. The van der Waals surface area contributed by atoms with E-state index in [4.69, 9.17) is 14.5 Å². The number of nitrogens with zero attached hydrogens (tertiary/aromatic N) is 2. The maximum atomic E-state index is 11.7. The van der Waals surface area contributed by atoms with Crippen LogP contribution in [0, 0.1) is 6.92 Å². The van der Waals surface area contributed by atoms with Gasteiger partial charge >= 0.3 is 0 Å². The molecule has 0 saturated carbocycles. The molecule has 0 aliphatic carbocycles. The van der Waals surface area contributed by atoms with Gasteiger partial charge in [-0.1, -0.05) is 0 Å². The third-order valence-corrected chi connectivity index (χ3v) is 6.85. The van der Waals surface area contributed by atoms with Crippen LogP contribution in [-0.4, -0.2) is 38.4 Å². The van der Waals surface area contributed by atoms with E-state index in [1.165, 1.54) is 0 Å². The Kier molecular flexibility index (Phi) is 5.13. The van der Waals surface area contributed by atoms with Crippen molar-refractivity contribution in [2.75, 3.05) is 25.2 Å². The molecule has 8 heteroatoms. The topological polar surface area (TPSA) is 82.4 Å². The Hall–Kier alpha value is -3.78. The summed E-state index contributed by atoms with van der Waals surface area (Å²) in [6.07, 6.45) is 2.91. The van der Waals surface area contributed by atoms with E-state index in [-0.39, 0.29) is 0 Å². The molecule has 0 spiro atoms. The molecule has 7 nitrogen and oxygen atoms in total. The number of rotatable bonds is 5. The first-order valence-corrected chi connectivity index (χ1v) is 12.6. The average Bonchev–Trinajstić information content (AvgIpc) is 3.09. The van der Waals surface area contributed by atoms with Crippen molar-refractivity contribution in [1.82, 2.24) is 9.55 Å². The highest BCUT2D eigenvalue weighted by atomic mass is 32.2. The van der Waals surface area contributed by atoms with Crippen LogP contribution in [0.3, 0.4) is 0 Å². The molecular weight excluding hydrogens is 450 g/mol. The van der Waals surface area contributed by atoms with Crippen molar-refractivity contribution in [3.63, 3.8) is 0 Å². The molecule has 5 aromatic rings. The summed E-state index contributed by atoms with van der Waals surface area (Å²) in [5.74, 6) is 1.34. The second-order valence-corrected chi connectivity index (χ2v) is 10.1. The summed E-state index contributed by atoms with van der Waals surface area (Å²) in [5, 5.41) is 4.31. The molecule has 0 fully saturated rings. The summed E-state index contributed by atoms with van der Waals surface area (Å²) in [5.41, 5.74) is 5.42. The van der Waals surface area contributed by atoms with Gasteiger partial charge in [-0.15, -0.1) is 0 Å². The van der Waals surface area contributed by atoms with Gasteiger partial charge in [0.25, 0.3) is 0 Å². The van der Waals surface area contributed by atoms with Gasteiger partial charge in [-0.25, -0.2) is 8.42 Å². The molecule has 0 saturated heterocycles. The highest BCUT2D eigenvalue weighted by Crippen LogP contribution is 2.41. The average molecular weight is 476 g/mol. The third kappa shape index (κ3) is 3.51. The minimum atomic E-state index is -3.40. The number of pyridine rings is 1. The SMILES string of the molecule is COc1ccc2c(c1)c1cc3c(-c4ccc(NS(C)(=O)=O)cc4OC)nccc3c(C)c1n2C. The predicted molar refractivity (Wildman–Crippen MR) is 137 cm³/mol. The smallest absolute Gasteiger partial charge is 0.229 e. The summed E-state index contributed by atoms with van der Waals surface area (Å²) in [6.45, 7) is 2.13. The number of benzene rings is 3. The van der Waals surface area contributed by atoms with Crippen molar-refractivity contribution < 1.29 is 17.9 Å². The molecule has 3 aromatic carbocycles. The van der Waals surface area contributed by atoms with Crippen LogP contribution in [-0.2, 0) is 17.1 Å². The van der Waals surface area contributed by atoms with Crippen molar-refractivity contribution in [3.05, 3.63) is 60.3 Å². The lowest BCUT2D eigenvalue weighted by Crippen LogP contribution is -2.09. The van der Waals surface area contributed by atoms with Crippen LogP contribution >= 0.6 is 0 Å². The zero-order chi connectivity index (χ0) is 24.2. The highest BCUT2D eigenvalue weighted by molar-refractivity contribution is 7.92. The lowest BCUT2D eigenvalue weighted by atomic mass is 9.97. The second kappa shape index (κ2) is 7.92. The first-order chi connectivity index (χ1) is 16.2. The van der Waals surface area contributed by atoms with E-state index < -0.39 is 10.0 Å². The van der Waals surface area contributed by atoms with Gasteiger partial charge in [0.05, 0.1) is 37.4 Å². The lowest BCUT2D eigenvalue weighted by molar-refractivity contribution is 0.415. The van der Waals surface area contributed by atoms with Gasteiger partial charge in [0.1, 0.15) is 11.5 Å². The number of sulfonamides is 1. The quantitative estimate of drug-likeness (QED) is 0.376. The van der Waals surface area contributed by atoms with Crippen LogP contribution in [0.4, 0.5) is 5.69 Å². The molecule has 0 amide bonds. The van der Waals surface area contributed by atoms with Gasteiger partial charge in [0.15, 0.2) is 0 Å². The fourth-order valence-corrected chi connectivity index (χ4v) is 5.33. The van der Waals surface area contributed by atoms with E-state index in [9.17, 15) is 8.42 Å². The first-order valence-electron chi connectivity index (χ1n) is 10.7. The van der Waals surface area contributed by atoms with Gasteiger partial charge in [0.2, 0.25) is 10.0 Å². The van der Waals surface area contributed by atoms with Gasteiger partial charge in [0, 0.05) is 46.5 Å². The Bertz CT molecular complexity index is 1700. The van der Waals surface area contributed by atoms with Crippen LogP contribution in [0.2, 0.25) is 0 Å². The first kappa shape index (κ1) is 22.0. The summed E-state index contributed by atoms with van der Waals surface area (Å²) < 4.78 is 39.2.